The average Bonchev–Trinajstić information content (AvgIpc) is 2.82. The normalized spacial score (nSPS) is 10.7. The number of fused-ring (bicyclic) bond motifs is 1. The van der Waals surface area contributed by atoms with Gasteiger partial charge in [-0.15, -0.1) is 0 Å². The Hall–Kier alpha value is -4.26. The number of carbonyl (C=O) groups excluding carboxylic acids is 1. The molecular formula is C27H25NO6. The van der Waals surface area contributed by atoms with Crippen LogP contribution in [0.2, 0.25) is 0 Å². The van der Waals surface area contributed by atoms with E-state index in [2.05, 4.69) is 5.32 Å². The van der Waals surface area contributed by atoms with Crippen molar-refractivity contribution in [1.82, 2.24) is 0 Å². The van der Waals surface area contributed by atoms with Gasteiger partial charge in [-0.2, -0.15) is 0 Å². The maximum Gasteiger partial charge on any atom is 0.262 e. The quantitative estimate of drug-likeness (QED) is 0.391. The fourth-order valence-corrected chi connectivity index (χ4v) is 3.53. The summed E-state index contributed by atoms with van der Waals surface area (Å²) in [4.78, 5) is 25.3. The first-order valence-corrected chi connectivity index (χ1v) is 10.7. The number of aryl methyl sites for hydroxylation is 3. The van der Waals surface area contributed by atoms with E-state index < -0.39 is 0 Å². The van der Waals surface area contributed by atoms with Crippen molar-refractivity contribution in [3.8, 4) is 23.0 Å². The fourth-order valence-electron chi connectivity index (χ4n) is 3.53. The van der Waals surface area contributed by atoms with Crippen LogP contribution in [0.25, 0.3) is 11.0 Å². The van der Waals surface area contributed by atoms with Crippen molar-refractivity contribution in [2.24, 2.45) is 0 Å². The van der Waals surface area contributed by atoms with Crippen LogP contribution >= 0.6 is 0 Å². The third-order valence-corrected chi connectivity index (χ3v) is 5.29. The molecule has 0 spiro atoms. The number of amides is 1. The third-order valence-electron chi connectivity index (χ3n) is 5.29. The summed E-state index contributed by atoms with van der Waals surface area (Å²) in [7, 11) is 1.58. The highest BCUT2D eigenvalue weighted by atomic mass is 16.5. The molecule has 0 atom stereocenters. The van der Waals surface area contributed by atoms with Crippen molar-refractivity contribution >= 4 is 22.6 Å². The molecule has 1 heterocycles. The van der Waals surface area contributed by atoms with Gasteiger partial charge in [-0.05, 0) is 68.8 Å². The zero-order valence-corrected chi connectivity index (χ0v) is 19.4. The van der Waals surface area contributed by atoms with E-state index in [0.29, 0.717) is 34.0 Å². The van der Waals surface area contributed by atoms with Gasteiger partial charge < -0.3 is 23.9 Å². The van der Waals surface area contributed by atoms with Crippen molar-refractivity contribution in [2.45, 2.75) is 20.8 Å². The number of carbonyl (C=O) groups is 1. The highest BCUT2D eigenvalue weighted by molar-refractivity contribution is 5.92. The average molecular weight is 459 g/mol. The van der Waals surface area contributed by atoms with Gasteiger partial charge in [0, 0.05) is 11.8 Å². The van der Waals surface area contributed by atoms with Gasteiger partial charge in [0.25, 0.3) is 5.91 Å². The van der Waals surface area contributed by atoms with Gasteiger partial charge in [-0.3, -0.25) is 9.59 Å². The molecule has 0 saturated carbocycles. The predicted octanol–water partition coefficient (Wildman–Crippen LogP) is 5.54. The van der Waals surface area contributed by atoms with Gasteiger partial charge in [-0.1, -0.05) is 17.7 Å². The lowest BCUT2D eigenvalue weighted by molar-refractivity contribution is -0.118. The molecule has 34 heavy (non-hydrogen) atoms. The zero-order valence-electron chi connectivity index (χ0n) is 19.4. The van der Waals surface area contributed by atoms with Gasteiger partial charge in [0.15, 0.2) is 6.61 Å². The number of hydrogen-bond acceptors (Lipinski definition) is 6. The van der Waals surface area contributed by atoms with Crippen molar-refractivity contribution < 1.29 is 23.4 Å². The third kappa shape index (κ3) is 5.04. The van der Waals surface area contributed by atoms with E-state index in [4.69, 9.17) is 18.6 Å². The van der Waals surface area contributed by atoms with E-state index >= 15 is 0 Å². The minimum absolute atomic E-state index is 0.110. The topological polar surface area (TPSA) is 87.0 Å². The number of rotatable bonds is 7. The van der Waals surface area contributed by atoms with Gasteiger partial charge in [0.05, 0.1) is 12.5 Å². The van der Waals surface area contributed by atoms with E-state index in [1.54, 1.807) is 56.5 Å². The lowest BCUT2D eigenvalue weighted by Gasteiger charge is -2.11. The first-order valence-electron chi connectivity index (χ1n) is 10.7. The first-order chi connectivity index (χ1) is 16.3. The molecule has 174 valence electrons. The van der Waals surface area contributed by atoms with Crippen LogP contribution in [0.4, 0.5) is 5.69 Å². The van der Waals surface area contributed by atoms with E-state index in [-0.39, 0.29) is 23.7 Å². The maximum atomic E-state index is 13.0. The maximum absolute atomic E-state index is 13.0. The predicted molar refractivity (Wildman–Crippen MR) is 130 cm³/mol. The summed E-state index contributed by atoms with van der Waals surface area (Å²) in [5, 5.41) is 3.19. The zero-order chi connectivity index (χ0) is 24.2. The van der Waals surface area contributed by atoms with Gasteiger partial charge in [-0.25, -0.2) is 0 Å². The van der Waals surface area contributed by atoms with Crippen LogP contribution in [0.15, 0.2) is 69.9 Å². The lowest BCUT2D eigenvalue weighted by Crippen LogP contribution is -2.20. The van der Waals surface area contributed by atoms with Crippen LogP contribution in [0, 0.1) is 20.8 Å². The number of hydrogen-bond donors (Lipinski definition) is 1. The van der Waals surface area contributed by atoms with E-state index in [0.717, 1.165) is 16.8 Å². The molecule has 1 amide bonds. The molecule has 0 saturated heterocycles. The number of nitrogens with one attached hydrogen (secondary N) is 1. The summed E-state index contributed by atoms with van der Waals surface area (Å²) in [6, 6.07) is 17.5. The molecule has 4 rings (SSSR count). The van der Waals surface area contributed by atoms with E-state index in [9.17, 15) is 9.59 Å². The molecule has 7 nitrogen and oxygen atoms in total. The smallest absolute Gasteiger partial charge is 0.262 e. The Bertz CT molecular complexity index is 1410. The largest absolute Gasteiger partial charge is 0.497 e. The summed E-state index contributed by atoms with van der Waals surface area (Å²) < 4.78 is 22.4. The second-order valence-electron chi connectivity index (χ2n) is 7.91. The second-order valence-corrected chi connectivity index (χ2v) is 7.91. The monoisotopic (exact) mass is 459 g/mol. The molecular weight excluding hydrogens is 434 g/mol. The Balaban J connectivity index is 1.48. The fraction of sp³-hybridized carbons (Fsp3) is 0.185. The molecule has 0 aliphatic carbocycles. The van der Waals surface area contributed by atoms with Crippen LogP contribution in [-0.4, -0.2) is 19.6 Å². The van der Waals surface area contributed by atoms with Crippen LogP contribution in [0.3, 0.4) is 0 Å². The van der Waals surface area contributed by atoms with E-state index in [1.165, 1.54) is 0 Å². The lowest BCUT2D eigenvalue weighted by atomic mass is 10.1. The second kappa shape index (κ2) is 9.70. The van der Waals surface area contributed by atoms with Crippen LogP contribution in [-0.2, 0) is 4.79 Å². The molecule has 0 bridgehead atoms. The van der Waals surface area contributed by atoms with Crippen molar-refractivity contribution in [3.05, 3.63) is 87.8 Å². The molecule has 0 aliphatic rings. The Kier molecular flexibility index (Phi) is 6.54. The van der Waals surface area contributed by atoms with Crippen molar-refractivity contribution in [3.63, 3.8) is 0 Å². The molecule has 1 aromatic heterocycles. The van der Waals surface area contributed by atoms with Crippen LogP contribution in [0.1, 0.15) is 16.9 Å². The standard InChI is InChI=1S/C27H25NO6/c1-16-5-12-23(17(2)13-16)28-25(29)15-32-21-10-11-22-24(14-21)33-18(3)27(26(22)30)34-20-8-6-19(31-4)7-9-20/h5-14H,15H2,1-4H3,(H,28,29). The Morgan fingerprint density at radius 1 is 0.912 bits per heavy atom. The molecule has 0 aliphatic heterocycles. The molecule has 0 unspecified atom stereocenters. The van der Waals surface area contributed by atoms with Gasteiger partial charge in [0.2, 0.25) is 11.2 Å². The van der Waals surface area contributed by atoms with Crippen molar-refractivity contribution in [2.75, 3.05) is 19.0 Å². The van der Waals surface area contributed by atoms with E-state index in [1.807, 2.05) is 32.0 Å². The Labute approximate surface area is 196 Å². The number of ether oxygens (including phenoxy) is 3. The first kappa shape index (κ1) is 22.9. The highest BCUT2D eigenvalue weighted by Gasteiger charge is 2.15. The van der Waals surface area contributed by atoms with Crippen LogP contribution in [0.5, 0.6) is 23.0 Å². The molecule has 3 aromatic carbocycles. The minimum Gasteiger partial charge on any atom is -0.497 e. The summed E-state index contributed by atoms with van der Waals surface area (Å²) in [6.45, 7) is 5.41. The number of benzene rings is 3. The number of methoxy groups -OCH3 is 1. The Morgan fingerprint density at radius 3 is 2.32 bits per heavy atom. The molecule has 7 heteroatoms. The number of anilines is 1. The molecule has 4 aromatic rings. The van der Waals surface area contributed by atoms with Gasteiger partial charge >= 0.3 is 0 Å². The van der Waals surface area contributed by atoms with Crippen molar-refractivity contribution in [1.29, 1.82) is 0 Å². The minimum atomic E-state index is -0.297. The summed E-state index contributed by atoms with van der Waals surface area (Å²) in [5.74, 6) is 1.75. The highest BCUT2D eigenvalue weighted by Crippen LogP contribution is 2.28. The molecule has 0 radical (unpaired) electrons. The summed E-state index contributed by atoms with van der Waals surface area (Å²) in [6.07, 6.45) is 0. The van der Waals surface area contributed by atoms with Crippen LogP contribution < -0.4 is 25.0 Å². The SMILES string of the molecule is COc1ccc(Oc2c(C)oc3cc(OCC(=O)Nc4ccc(C)cc4C)ccc3c2=O)cc1. The summed E-state index contributed by atoms with van der Waals surface area (Å²) in [5.41, 5.74) is 2.88. The molecule has 0 fully saturated rings. The van der Waals surface area contributed by atoms with Gasteiger partial charge in [0.1, 0.15) is 28.6 Å². The molecule has 1 N–H and O–H groups in total. The summed E-state index contributed by atoms with van der Waals surface area (Å²) >= 11 is 0. The Morgan fingerprint density at radius 2 is 1.62 bits per heavy atom.